The quantitative estimate of drug-likeness (QED) is 0.308. The maximum absolute atomic E-state index is 10.9. The second-order valence-corrected chi connectivity index (χ2v) is 5.61. The molecule has 3 rings (SSSR count). The molecule has 1 heterocycles. The molecule has 132 valence electrons. The number of aromatic amines is 1. The molecule has 2 aromatic carbocycles. The van der Waals surface area contributed by atoms with Gasteiger partial charge < -0.3 is 4.74 Å². The maximum Gasteiger partial charge on any atom is 0.270 e. The standard InChI is InChI=1S/C17H15N5O3S/c1-2-25-15-8-4-6-13(10-15)16-19-20-17(26)21(16)18-11-12-5-3-7-14(9-12)22(23)24/h3-11H,2H2,1H3,(H,20,26). The molecule has 0 saturated heterocycles. The van der Waals surface area contributed by atoms with Gasteiger partial charge in [-0.15, -0.1) is 0 Å². The average Bonchev–Trinajstić information content (AvgIpc) is 3.01. The summed E-state index contributed by atoms with van der Waals surface area (Å²) in [6.07, 6.45) is 1.49. The highest BCUT2D eigenvalue weighted by Crippen LogP contribution is 2.22. The van der Waals surface area contributed by atoms with Crippen LogP contribution in [0, 0.1) is 14.9 Å². The van der Waals surface area contributed by atoms with Crippen molar-refractivity contribution in [2.75, 3.05) is 6.61 Å². The fraction of sp³-hybridized carbons (Fsp3) is 0.118. The highest BCUT2D eigenvalue weighted by molar-refractivity contribution is 7.71. The third-order valence-electron chi connectivity index (χ3n) is 3.46. The van der Waals surface area contributed by atoms with Gasteiger partial charge in [-0.2, -0.15) is 14.9 Å². The Balaban J connectivity index is 1.96. The van der Waals surface area contributed by atoms with E-state index in [0.717, 1.165) is 5.56 Å². The minimum absolute atomic E-state index is 0.00520. The van der Waals surface area contributed by atoms with E-state index in [4.69, 9.17) is 17.0 Å². The second kappa shape index (κ2) is 7.70. The van der Waals surface area contributed by atoms with Crippen molar-refractivity contribution in [1.82, 2.24) is 14.9 Å². The van der Waals surface area contributed by atoms with E-state index in [9.17, 15) is 10.1 Å². The predicted octanol–water partition coefficient (Wildman–Crippen LogP) is 3.80. The molecule has 0 fully saturated rings. The maximum atomic E-state index is 10.9. The molecule has 1 N–H and O–H groups in total. The van der Waals surface area contributed by atoms with E-state index in [1.54, 1.807) is 12.1 Å². The Morgan fingerprint density at radius 1 is 1.35 bits per heavy atom. The number of rotatable bonds is 6. The Kier molecular flexibility index (Phi) is 5.18. The van der Waals surface area contributed by atoms with Crippen LogP contribution in [0.1, 0.15) is 12.5 Å². The van der Waals surface area contributed by atoms with Gasteiger partial charge in [0, 0.05) is 23.3 Å². The number of nitrogens with zero attached hydrogens (tertiary/aromatic N) is 4. The van der Waals surface area contributed by atoms with Crippen LogP contribution in [-0.4, -0.2) is 32.6 Å². The van der Waals surface area contributed by atoms with Crippen LogP contribution < -0.4 is 4.74 Å². The van der Waals surface area contributed by atoms with Crippen LogP contribution in [0.3, 0.4) is 0 Å². The lowest BCUT2D eigenvalue weighted by Crippen LogP contribution is -1.97. The van der Waals surface area contributed by atoms with Gasteiger partial charge in [0.05, 0.1) is 17.7 Å². The van der Waals surface area contributed by atoms with E-state index in [1.807, 2.05) is 31.2 Å². The Morgan fingerprint density at radius 2 is 2.15 bits per heavy atom. The molecule has 0 atom stereocenters. The summed E-state index contributed by atoms with van der Waals surface area (Å²) < 4.78 is 7.27. The minimum atomic E-state index is -0.453. The monoisotopic (exact) mass is 369 g/mol. The van der Waals surface area contributed by atoms with Crippen LogP contribution >= 0.6 is 12.2 Å². The van der Waals surface area contributed by atoms with Crippen LogP contribution in [0.15, 0.2) is 53.6 Å². The van der Waals surface area contributed by atoms with Crippen LogP contribution in [-0.2, 0) is 0 Å². The van der Waals surface area contributed by atoms with Crippen molar-refractivity contribution in [2.45, 2.75) is 6.92 Å². The van der Waals surface area contributed by atoms with Crippen LogP contribution in [0.4, 0.5) is 5.69 Å². The first-order chi connectivity index (χ1) is 12.6. The van der Waals surface area contributed by atoms with Gasteiger partial charge in [0.2, 0.25) is 4.77 Å². The number of nitro groups is 1. The lowest BCUT2D eigenvalue weighted by Gasteiger charge is -2.05. The average molecular weight is 369 g/mol. The third kappa shape index (κ3) is 3.83. The SMILES string of the molecule is CCOc1cccc(-c2n[nH]c(=S)n2N=Cc2cccc([N+](=O)[O-])c2)c1. The van der Waals surface area contributed by atoms with Gasteiger partial charge in [-0.05, 0) is 31.3 Å². The minimum Gasteiger partial charge on any atom is -0.494 e. The molecule has 0 radical (unpaired) electrons. The molecule has 8 nitrogen and oxygen atoms in total. The van der Waals surface area contributed by atoms with Crippen molar-refractivity contribution in [1.29, 1.82) is 0 Å². The van der Waals surface area contributed by atoms with Gasteiger partial charge in [0.25, 0.3) is 5.69 Å². The molecule has 0 aliphatic rings. The number of nitro benzene ring substituents is 1. The number of aromatic nitrogens is 3. The first kappa shape index (κ1) is 17.5. The summed E-state index contributed by atoms with van der Waals surface area (Å²) in [7, 11) is 0. The summed E-state index contributed by atoms with van der Waals surface area (Å²) in [5, 5.41) is 22.1. The Bertz CT molecular complexity index is 1020. The Labute approximate surface area is 153 Å². The number of hydrogen-bond acceptors (Lipinski definition) is 6. The van der Waals surface area contributed by atoms with E-state index in [2.05, 4.69) is 15.3 Å². The van der Waals surface area contributed by atoms with Gasteiger partial charge in [0.15, 0.2) is 5.82 Å². The van der Waals surface area contributed by atoms with Gasteiger partial charge in [0.1, 0.15) is 5.75 Å². The number of nitrogens with one attached hydrogen (secondary N) is 1. The summed E-state index contributed by atoms with van der Waals surface area (Å²) in [5.41, 5.74) is 1.35. The smallest absolute Gasteiger partial charge is 0.270 e. The van der Waals surface area contributed by atoms with Crippen molar-refractivity contribution >= 4 is 24.1 Å². The van der Waals surface area contributed by atoms with Crippen LogP contribution in [0.2, 0.25) is 0 Å². The Hall–Kier alpha value is -3.33. The topological polar surface area (TPSA) is 98.3 Å². The highest BCUT2D eigenvalue weighted by atomic mass is 32.1. The van der Waals surface area contributed by atoms with E-state index in [1.165, 1.54) is 23.0 Å². The molecule has 0 spiro atoms. The van der Waals surface area contributed by atoms with Crippen molar-refractivity contribution in [2.24, 2.45) is 5.10 Å². The first-order valence-corrected chi connectivity index (χ1v) is 8.19. The first-order valence-electron chi connectivity index (χ1n) is 7.78. The molecule has 3 aromatic rings. The number of hydrogen-bond donors (Lipinski definition) is 1. The molecule has 0 amide bonds. The second-order valence-electron chi connectivity index (χ2n) is 5.22. The van der Waals surface area contributed by atoms with Gasteiger partial charge in [-0.1, -0.05) is 24.3 Å². The molecule has 0 aliphatic heterocycles. The molecule has 1 aromatic heterocycles. The van der Waals surface area contributed by atoms with E-state index in [0.29, 0.717) is 28.5 Å². The van der Waals surface area contributed by atoms with Gasteiger partial charge in [-0.3, -0.25) is 10.1 Å². The summed E-state index contributed by atoms with van der Waals surface area (Å²) in [6, 6.07) is 13.6. The zero-order valence-electron chi connectivity index (χ0n) is 13.8. The van der Waals surface area contributed by atoms with Crippen molar-refractivity contribution < 1.29 is 9.66 Å². The number of ether oxygens (including phenoxy) is 1. The van der Waals surface area contributed by atoms with Crippen LogP contribution in [0.25, 0.3) is 11.4 Å². The van der Waals surface area contributed by atoms with Gasteiger partial charge >= 0.3 is 0 Å². The number of non-ortho nitro benzene ring substituents is 1. The highest BCUT2D eigenvalue weighted by Gasteiger charge is 2.10. The van der Waals surface area contributed by atoms with Crippen molar-refractivity contribution in [3.63, 3.8) is 0 Å². The molecule has 0 bridgehead atoms. The normalized spacial score (nSPS) is 11.0. The van der Waals surface area contributed by atoms with Crippen LogP contribution in [0.5, 0.6) is 5.75 Å². The summed E-state index contributed by atoms with van der Waals surface area (Å²) >= 11 is 5.23. The van der Waals surface area contributed by atoms with Crippen molar-refractivity contribution in [3.05, 3.63) is 69.0 Å². The van der Waals surface area contributed by atoms with E-state index >= 15 is 0 Å². The molecule has 26 heavy (non-hydrogen) atoms. The number of benzene rings is 2. The molecular weight excluding hydrogens is 354 g/mol. The fourth-order valence-corrected chi connectivity index (χ4v) is 2.50. The van der Waals surface area contributed by atoms with Crippen molar-refractivity contribution in [3.8, 4) is 17.1 Å². The molecule has 0 aliphatic carbocycles. The van der Waals surface area contributed by atoms with E-state index < -0.39 is 4.92 Å². The summed E-state index contributed by atoms with van der Waals surface area (Å²) in [5.74, 6) is 1.23. The predicted molar refractivity (Wildman–Crippen MR) is 100 cm³/mol. The lowest BCUT2D eigenvalue weighted by molar-refractivity contribution is -0.384. The number of H-pyrrole nitrogens is 1. The largest absolute Gasteiger partial charge is 0.494 e. The zero-order valence-corrected chi connectivity index (χ0v) is 14.6. The third-order valence-corrected chi connectivity index (χ3v) is 3.72. The molecular formula is C17H15N5O3S. The lowest BCUT2D eigenvalue weighted by atomic mass is 10.2. The van der Waals surface area contributed by atoms with Gasteiger partial charge in [-0.25, -0.2) is 5.10 Å². The van der Waals surface area contributed by atoms with E-state index in [-0.39, 0.29) is 5.69 Å². The Morgan fingerprint density at radius 3 is 2.92 bits per heavy atom. The molecule has 0 saturated carbocycles. The molecule has 9 heteroatoms. The summed E-state index contributed by atoms with van der Waals surface area (Å²) in [6.45, 7) is 2.47. The fourth-order valence-electron chi connectivity index (χ4n) is 2.32. The summed E-state index contributed by atoms with van der Waals surface area (Å²) in [4.78, 5) is 10.4. The zero-order chi connectivity index (χ0) is 18.5. The molecule has 0 unspecified atom stereocenters.